The van der Waals surface area contributed by atoms with Gasteiger partial charge in [0.1, 0.15) is 37.9 Å². The van der Waals surface area contributed by atoms with Gasteiger partial charge in [-0.2, -0.15) is 0 Å². The molecule has 84 heavy (non-hydrogen) atoms. The minimum absolute atomic E-state index is 0.0694. The Bertz CT molecular complexity index is 3920. The largest absolute Gasteiger partial charge is 0.458 e. The summed E-state index contributed by atoms with van der Waals surface area (Å²) in [5.74, 6) is -7.81. The molecule has 7 aromatic carbocycles. The van der Waals surface area contributed by atoms with Crippen LogP contribution in [-0.2, 0) is 85.3 Å². The van der Waals surface area contributed by atoms with Gasteiger partial charge in [-0.3, -0.25) is 19.2 Å². The number of rotatable bonds is 14. The monoisotopic (exact) mass is 1150 g/mol. The number of hydrogen-bond donors (Lipinski definition) is 0. The highest BCUT2D eigenvalue weighted by Gasteiger charge is 2.62. The van der Waals surface area contributed by atoms with Crippen molar-refractivity contribution in [1.82, 2.24) is 0 Å². The molecule has 0 N–H and O–H groups in total. The SMILES string of the molecule is O=C1C(=O)c2ccccc2/C1=C/c1cc2c(s1)-c1cc3c(cc1C(C(=O)OCc1ccccc1)(C(=O)OCc1ccccc1)O2)-c1sc(/C=C2\C(=O)C(=O)c4ccccc42)cc1OC3(C(=O)OCc1ccccc1)C(=O)OCc1ccccc1. The number of carbonyl (C=O) groups excluding carboxylic acids is 8. The van der Waals surface area contributed by atoms with Crippen LogP contribution in [0.5, 0.6) is 11.5 Å². The minimum atomic E-state index is -2.82. The smallest absolute Gasteiger partial charge is 0.367 e. The number of ether oxygens (including phenoxy) is 6. The van der Waals surface area contributed by atoms with Crippen molar-refractivity contribution in [3.05, 3.63) is 260 Å². The number of hydrogen-bond acceptors (Lipinski definition) is 16. The number of benzene rings is 7. The van der Waals surface area contributed by atoms with Crippen LogP contribution in [0.25, 0.3) is 44.2 Å². The molecule has 14 nitrogen and oxygen atoms in total. The van der Waals surface area contributed by atoms with E-state index < -0.39 is 58.2 Å². The zero-order valence-corrected chi connectivity index (χ0v) is 45.6. The first kappa shape index (κ1) is 52.9. The second-order valence-corrected chi connectivity index (χ2v) is 22.1. The molecule has 2 aromatic heterocycles. The van der Waals surface area contributed by atoms with E-state index in [0.717, 1.165) is 22.7 Å². The number of carbonyl (C=O) groups is 8. The number of thiophene rings is 2. The molecular formula is C68H42O14S2. The van der Waals surface area contributed by atoms with E-state index in [1.54, 1.807) is 170 Å². The Labute approximate surface area is 486 Å². The summed E-state index contributed by atoms with van der Waals surface area (Å²) in [7, 11) is 0. The van der Waals surface area contributed by atoms with Gasteiger partial charge in [-0.25, -0.2) is 19.2 Å². The standard InChI is InChI=1S/C68H42O14S2/c69-57-47-27-15-13-25-45(47)49(59(57)71)29-43-31-55-61(83-43)51-34-54-52(33-53(51)67(81-55,63(73)77-35-39-17-5-1-6-18-39)64(74)78-36-40-19-7-2-8-20-40)62-56(32-44(84-62)30-50-46-26-14-16-28-48(46)58(70)60(50)72)82-68(54,65(75)79-37-41-21-9-3-10-22-41)66(76)80-38-42-23-11-4-12-24-42/h1-34H,35-38H2/b49-29-,50-30-. The molecule has 0 radical (unpaired) electrons. The van der Waals surface area contributed by atoms with E-state index >= 15 is 19.2 Å². The fourth-order valence-corrected chi connectivity index (χ4v) is 12.8. The second-order valence-electron chi connectivity index (χ2n) is 20.0. The van der Waals surface area contributed by atoms with Crippen molar-refractivity contribution in [2.45, 2.75) is 37.6 Å². The molecule has 0 amide bonds. The van der Waals surface area contributed by atoms with Crippen LogP contribution in [0.3, 0.4) is 0 Å². The average Bonchev–Trinajstić information content (AvgIpc) is 1.22. The molecule has 0 saturated carbocycles. The van der Waals surface area contributed by atoms with Crippen molar-refractivity contribution in [3.63, 3.8) is 0 Å². The highest BCUT2D eigenvalue weighted by atomic mass is 32.1. The van der Waals surface area contributed by atoms with Crippen molar-refractivity contribution in [1.29, 1.82) is 0 Å². The van der Waals surface area contributed by atoms with Crippen LogP contribution >= 0.6 is 22.7 Å². The summed E-state index contributed by atoms with van der Waals surface area (Å²) in [6.45, 7) is -1.30. The topological polar surface area (TPSA) is 192 Å². The zero-order valence-electron chi connectivity index (χ0n) is 44.0. The van der Waals surface area contributed by atoms with Crippen LogP contribution in [0, 0.1) is 0 Å². The molecule has 16 heteroatoms. The molecule has 4 aliphatic rings. The lowest BCUT2D eigenvalue weighted by molar-refractivity contribution is -0.185. The molecule has 0 bridgehead atoms. The van der Waals surface area contributed by atoms with Gasteiger partial charge in [0.2, 0.25) is 23.1 Å². The molecule has 4 heterocycles. The van der Waals surface area contributed by atoms with Crippen LogP contribution in [0.4, 0.5) is 0 Å². The normalized spacial score (nSPS) is 15.6. The van der Waals surface area contributed by atoms with Crippen molar-refractivity contribution in [3.8, 4) is 32.4 Å². The maximum Gasteiger partial charge on any atom is 0.367 e. The quantitative estimate of drug-likeness (QED) is 0.0328. The maximum atomic E-state index is 15.6. The first-order chi connectivity index (χ1) is 40.9. The van der Waals surface area contributed by atoms with E-state index in [9.17, 15) is 19.2 Å². The summed E-state index contributed by atoms with van der Waals surface area (Å²) in [5, 5.41) is 0. The minimum Gasteiger partial charge on any atom is -0.458 e. The van der Waals surface area contributed by atoms with Gasteiger partial charge in [-0.05, 0) is 69.8 Å². The van der Waals surface area contributed by atoms with Crippen LogP contribution in [0.15, 0.2) is 194 Å². The van der Waals surface area contributed by atoms with E-state index in [0.29, 0.717) is 43.1 Å². The third-order valence-corrected chi connectivity index (χ3v) is 17.0. The number of ketones is 4. The lowest BCUT2D eigenvalue weighted by Gasteiger charge is -2.39. The van der Waals surface area contributed by atoms with E-state index in [-0.39, 0.29) is 92.2 Å². The average molecular weight is 1150 g/mol. The van der Waals surface area contributed by atoms with Crippen molar-refractivity contribution >= 4 is 93.0 Å². The fraction of sp³-hybridized carbons (Fsp3) is 0.0882. The molecule has 2 aliphatic heterocycles. The molecule has 0 unspecified atom stereocenters. The Kier molecular flexibility index (Phi) is 13.5. The number of Topliss-reactive ketones (excluding diaryl/α,β-unsaturated/α-hetero) is 4. The van der Waals surface area contributed by atoms with Gasteiger partial charge in [0.05, 0.1) is 9.75 Å². The van der Waals surface area contributed by atoms with Crippen molar-refractivity contribution in [2.75, 3.05) is 0 Å². The van der Waals surface area contributed by atoms with E-state index in [1.807, 2.05) is 0 Å². The van der Waals surface area contributed by atoms with Crippen LogP contribution in [-0.4, -0.2) is 47.0 Å². The predicted molar refractivity (Wildman–Crippen MR) is 310 cm³/mol. The maximum absolute atomic E-state index is 15.6. The fourth-order valence-electron chi connectivity index (χ4n) is 10.7. The Morgan fingerprint density at radius 3 is 0.952 bits per heavy atom. The van der Waals surface area contributed by atoms with E-state index in [2.05, 4.69) is 0 Å². The molecule has 0 atom stereocenters. The summed E-state index contributed by atoms with van der Waals surface area (Å²) < 4.78 is 38.1. The number of allylic oxidation sites excluding steroid dienone is 2. The molecule has 2 aliphatic carbocycles. The first-order valence-electron chi connectivity index (χ1n) is 26.4. The first-order valence-corrected chi connectivity index (χ1v) is 28.0. The Balaban J connectivity index is 1.06. The zero-order chi connectivity index (χ0) is 57.7. The van der Waals surface area contributed by atoms with Gasteiger partial charge in [-0.1, -0.05) is 170 Å². The lowest BCUT2D eigenvalue weighted by Crippen LogP contribution is -2.54. The third kappa shape index (κ3) is 9.13. The van der Waals surface area contributed by atoms with E-state index in [4.69, 9.17) is 28.4 Å². The third-order valence-electron chi connectivity index (χ3n) is 14.8. The summed E-state index contributed by atoms with van der Waals surface area (Å²) in [6.07, 6.45) is 3.04. The van der Waals surface area contributed by atoms with Crippen LogP contribution in [0.1, 0.15) is 75.0 Å². The summed E-state index contributed by atoms with van der Waals surface area (Å²) in [5.41, 5.74) is -2.06. The molecule has 0 spiro atoms. The van der Waals surface area contributed by atoms with Crippen molar-refractivity contribution in [2.24, 2.45) is 0 Å². The van der Waals surface area contributed by atoms with Gasteiger partial charge >= 0.3 is 35.1 Å². The molecule has 9 aromatic rings. The summed E-state index contributed by atoms with van der Waals surface area (Å²) >= 11 is 2.13. The van der Waals surface area contributed by atoms with E-state index in [1.165, 1.54) is 36.4 Å². The Hall–Kier alpha value is -10.4. The number of esters is 4. The Morgan fingerprint density at radius 1 is 0.357 bits per heavy atom. The Morgan fingerprint density at radius 2 is 0.643 bits per heavy atom. The van der Waals surface area contributed by atoms with Gasteiger partial charge in [0, 0.05) is 54.3 Å². The molecule has 0 saturated heterocycles. The van der Waals surface area contributed by atoms with Gasteiger partial charge in [0.15, 0.2) is 0 Å². The van der Waals surface area contributed by atoms with Crippen molar-refractivity contribution < 1.29 is 66.8 Å². The van der Waals surface area contributed by atoms with Crippen LogP contribution < -0.4 is 9.47 Å². The van der Waals surface area contributed by atoms with Gasteiger partial charge < -0.3 is 28.4 Å². The molecule has 0 fully saturated rings. The molecular weight excluding hydrogens is 1100 g/mol. The predicted octanol–water partition coefficient (Wildman–Crippen LogP) is 11.9. The summed E-state index contributed by atoms with van der Waals surface area (Å²) in [4.78, 5) is 118. The molecule has 410 valence electrons. The van der Waals surface area contributed by atoms with Crippen LogP contribution in [0.2, 0.25) is 0 Å². The highest BCUT2D eigenvalue weighted by Crippen LogP contribution is 2.58. The highest BCUT2D eigenvalue weighted by molar-refractivity contribution is 7.17. The summed E-state index contributed by atoms with van der Waals surface area (Å²) in [6, 6.07) is 54.1. The van der Waals surface area contributed by atoms with Gasteiger partial charge in [-0.15, -0.1) is 22.7 Å². The molecule has 13 rings (SSSR count). The number of fused-ring (bicyclic) bond motifs is 8. The second kappa shape index (κ2) is 21.5. The lowest BCUT2D eigenvalue weighted by atomic mass is 9.78. The van der Waals surface area contributed by atoms with Gasteiger partial charge in [0.25, 0.3) is 0 Å².